The van der Waals surface area contributed by atoms with Crippen molar-refractivity contribution in [2.45, 2.75) is 31.8 Å². The number of amides is 3. The Balaban J connectivity index is 1.53. The summed E-state index contributed by atoms with van der Waals surface area (Å²) in [7, 11) is 1.57. The summed E-state index contributed by atoms with van der Waals surface area (Å²) >= 11 is 0. The molecule has 0 bridgehead atoms. The minimum atomic E-state index is -0.751. The number of hydrogen-bond acceptors (Lipinski definition) is 4. The van der Waals surface area contributed by atoms with Crippen LogP contribution in [-0.4, -0.2) is 41.9 Å². The van der Waals surface area contributed by atoms with Gasteiger partial charge in [0.25, 0.3) is 5.91 Å². The number of fused-ring (bicyclic) bond motifs is 3. The molecule has 1 saturated heterocycles. The molecule has 0 saturated carbocycles. The highest BCUT2D eigenvalue weighted by Gasteiger charge is 2.52. The molecule has 0 unspecified atom stereocenters. The van der Waals surface area contributed by atoms with Crippen molar-refractivity contribution in [2.24, 2.45) is 0 Å². The van der Waals surface area contributed by atoms with Crippen molar-refractivity contribution >= 4 is 29.1 Å². The van der Waals surface area contributed by atoms with Crippen LogP contribution in [0.3, 0.4) is 0 Å². The molecule has 0 spiro atoms. The van der Waals surface area contributed by atoms with Crippen LogP contribution in [-0.2, 0) is 9.59 Å². The van der Waals surface area contributed by atoms with Gasteiger partial charge in [-0.15, -0.1) is 0 Å². The summed E-state index contributed by atoms with van der Waals surface area (Å²) in [6.07, 6.45) is 1.05. The minimum absolute atomic E-state index is 0.00159. The van der Waals surface area contributed by atoms with Crippen LogP contribution in [0.4, 0.5) is 11.4 Å². The van der Waals surface area contributed by atoms with Crippen molar-refractivity contribution in [1.82, 2.24) is 4.90 Å². The lowest BCUT2D eigenvalue weighted by Gasteiger charge is -2.48. The summed E-state index contributed by atoms with van der Waals surface area (Å²) in [4.78, 5) is 41.6. The maximum Gasteiger partial charge on any atom is 0.257 e. The molecule has 150 valence electrons. The zero-order valence-electron chi connectivity index (χ0n) is 16.5. The number of hydrogen-bond donors (Lipinski definition) is 1. The second-order valence-corrected chi connectivity index (χ2v) is 7.45. The van der Waals surface area contributed by atoms with Crippen molar-refractivity contribution in [3.63, 3.8) is 0 Å². The molecule has 1 fully saturated rings. The highest BCUT2D eigenvalue weighted by atomic mass is 16.5. The Kier molecular flexibility index (Phi) is 4.74. The van der Waals surface area contributed by atoms with Gasteiger partial charge in [0.1, 0.15) is 11.4 Å². The van der Waals surface area contributed by atoms with E-state index < -0.39 is 5.66 Å². The molecule has 0 radical (unpaired) electrons. The third-order valence-corrected chi connectivity index (χ3v) is 5.66. The number of ether oxygens (including phenoxy) is 1. The monoisotopic (exact) mass is 393 g/mol. The van der Waals surface area contributed by atoms with Gasteiger partial charge in [0.15, 0.2) is 0 Å². The van der Waals surface area contributed by atoms with Crippen molar-refractivity contribution in [3.05, 3.63) is 54.1 Å². The largest absolute Gasteiger partial charge is 0.497 e. The third-order valence-electron chi connectivity index (χ3n) is 5.66. The van der Waals surface area contributed by atoms with Gasteiger partial charge in [0.2, 0.25) is 11.8 Å². The summed E-state index contributed by atoms with van der Waals surface area (Å²) in [5.74, 6) is 0.295. The molecule has 0 aromatic heterocycles. The Morgan fingerprint density at radius 1 is 1.17 bits per heavy atom. The Hall–Kier alpha value is -3.35. The van der Waals surface area contributed by atoms with Crippen molar-refractivity contribution in [1.29, 1.82) is 0 Å². The maximum atomic E-state index is 13.2. The van der Waals surface area contributed by atoms with Gasteiger partial charge >= 0.3 is 0 Å². The fourth-order valence-electron chi connectivity index (χ4n) is 4.18. The molecule has 2 aliphatic heterocycles. The van der Waals surface area contributed by atoms with Crippen molar-refractivity contribution < 1.29 is 19.1 Å². The topological polar surface area (TPSA) is 79.0 Å². The Labute approximate surface area is 169 Å². The molecule has 7 heteroatoms. The first-order valence-corrected chi connectivity index (χ1v) is 9.62. The molecule has 4 rings (SSSR count). The van der Waals surface area contributed by atoms with Crippen LogP contribution in [0.25, 0.3) is 0 Å². The van der Waals surface area contributed by atoms with Gasteiger partial charge < -0.3 is 15.0 Å². The number of anilines is 2. The Bertz CT molecular complexity index is 990. The van der Waals surface area contributed by atoms with Gasteiger partial charge in [-0.3, -0.25) is 19.3 Å². The number of nitrogens with zero attached hydrogens (tertiary/aromatic N) is 2. The molecule has 1 atom stereocenters. The number of para-hydroxylation sites is 1. The zero-order chi connectivity index (χ0) is 20.6. The van der Waals surface area contributed by atoms with Gasteiger partial charge in [0.05, 0.1) is 18.4 Å². The van der Waals surface area contributed by atoms with Crippen LogP contribution in [0.2, 0.25) is 0 Å². The first kappa shape index (κ1) is 19.0. The predicted octanol–water partition coefficient (Wildman–Crippen LogP) is 3.02. The molecule has 29 heavy (non-hydrogen) atoms. The first-order chi connectivity index (χ1) is 13.9. The fourth-order valence-corrected chi connectivity index (χ4v) is 4.18. The predicted molar refractivity (Wildman–Crippen MR) is 109 cm³/mol. The SMILES string of the molecule is COc1cccc(NC(=O)CCN2C(=O)c3ccccc3N3C(=O)CC[C@]23C)c1. The van der Waals surface area contributed by atoms with Crippen LogP contribution in [0.15, 0.2) is 48.5 Å². The standard InChI is InChI=1S/C22H23N3O4/c1-22-12-10-20(27)25(22)18-9-4-3-8-17(18)21(28)24(22)13-11-19(26)23-15-6-5-7-16(14-15)29-2/h3-9,14H,10-13H2,1-2H3,(H,23,26)/t22-/m1/s1. The van der Waals surface area contributed by atoms with Crippen molar-refractivity contribution in [2.75, 3.05) is 23.9 Å². The van der Waals surface area contributed by atoms with E-state index >= 15 is 0 Å². The molecule has 2 aromatic carbocycles. The average Bonchev–Trinajstić information content (AvgIpc) is 3.03. The van der Waals surface area contributed by atoms with Gasteiger partial charge in [-0.1, -0.05) is 18.2 Å². The van der Waals surface area contributed by atoms with E-state index in [0.29, 0.717) is 35.5 Å². The lowest BCUT2D eigenvalue weighted by atomic mass is 9.98. The first-order valence-electron chi connectivity index (χ1n) is 9.62. The number of methoxy groups -OCH3 is 1. The fraction of sp³-hybridized carbons (Fsp3) is 0.318. The lowest BCUT2D eigenvalue weighted by molar-refractivity contribution is -0.117. The van der Waals surface area contributed by atoms with Crippen molar-refractivity contribution in [3.8, 4) is 5.75 Å². The smallest absolute Gasteiger partial charge is 0.257 e. The van der Waals surface area contributed by atoms with E-state index in [2.05, 4.69) is 5.32 Å². The Morgan fingerprint density at radius 3 is 2.76 bits per heavy atom. The molecule has 2 aromatic rings. The summed E-state index contributed by atoms with van der Waals surface area (Å²) < 4.78 is 5.17. The summed E-state index contributed by atoms with van der Waals surface area (Å²) in [5, 5.41) is 2.83. The van der Waals surface area contributed by atoms with E-state index in [0.717, 1.165) is 0 Å². The van der Waals surface area contributed by atoms with E-state index in [1.807, 2.05) is 19.1 Å². The molecular weight excluding hydrogens is 370 g/mol. The minimum Gasteiger partial charge on any atom is -0.497 e. The quantitative estimate of drug-likeness (QED) is 0.847. The number of benzene rings is 2. The van der Waals surface area contributed by atoms with E-state index in [4.69, 9.17) is 4.74 Å². The number of nitrogens with one attached hydrogen (secondary N) is 1. The molecule has 7 nitrogen and oxygen atoms in total. The van der Waals surface area contributed by atoms with Gasteiger partial charge in [0, 0.05) is 31.1 Å². The number of carbonyl (C=O) groups is 3. The molecule has 2 aliphatic rings. The van der Waals surface area contributed by atoms with E-state index in [9.17, 15) is 14.4 Å². The van der Waals surface area contributed by atoms with Crippen LogP contribution in [0, 0.1) is 0 Å². The van der Waals surface area contributed by atoms with E-state index in [1.165, 1.54) is 0 Å². The lowest BCUT2D eigenvalue weighted by Crippen LogP contribution is -2.62. The van der Waals surface area contributed by atoms with Gasteiger partial charge in [-0.25, -0.2) is 0 Å². The molecule has 2 heterocycles. The molecule has 0 aliphatic carbocycles. The van der Waals surface area contributed by atoms with E-state index in [-0.39, 0.29) is 30.7 Å². The summed E-state index contributed by atoms with van der Waals surface area (Å²) in [6.45, 7) is 2.12. The molecular formula is C22H23N3O4. The average molecular weight is 393 g/mol. The zero-order valence-corrected chi connectivity index (χ0v) is 16.5. The number of rotatable bonds is 5. The highest BCUT2D eigenvalue weighted by molar-refractivity contribution is 6.10. The van der Waals surface area contributed by atoms with Gasteiger partial charge in [-0.05, 0) is 37.6 Å². The van der Waals surface area contributed by atoms with Crippen LogP contribution in [0.5, 0.6) is 5.75 Å². The van der Waals surface area contributed by atoms with Crippen LogP contribution < -0.4 is 15.0 Å². The normalized spacial score (nSPS) is 20.3. The molecule has 1 N–H and O–H groups in total. The second-order valence-electron chi connectivity index (χ2n) is 7.45. The van der Waals surface area contributed by atoms with Gasteiger partial charge in [-0.2, -0.15) is 0 Å². The summed E-state index contributed by atoms with van der Waals surface area (Å²) in [6, 6.07) is 14.3. The second kappa shape index (κ2) is 7.24. The highest BCUT2D eigenvalue weighted by Crippen LogP contribution is 2.43. The Morgan fingerprint density at radius 2 is 1.97 bits per heavy atom. The molecule has 3 amide bonds. The number of carbonyl (C=O) groups excluding carboxylic acids is 3. The summed E-state index contributed by atoms with van der Waals surface area (Å²) in [5.41, 5.74) is 1.03. The van der Waals surface area contributed by atoms with Crippen LogP contribution in [0.1, 0.15) is 36.5 Å². The van der Waals surface area contributed by atoms with E-state index in [1.54, 1.807) is 53.3 Å². The third kappa shape index (κ3) is 3.22. The van der Waals surface area contributed by atoms with Crippen LogP contribution >= 0.6 is 0 Å². The maximum absolute atomic E-state index is 13.2.